The van der Waals surface area contributed by atoms with Crippen molar-refractivity contribution in [3.05, 3.63) is 141 Å². The van der Waals surface area contributed by atoms with Crippen molar-refractivity contribution >= 4 is 28.7 Å². The highest BCUT2D eigenvalue weighted by molar-refractivity contribution is 5.96. The molecule has 1 aliphatic heterocycles. The summed E-state index contributed by atoms with van der Waals surface area (Å²) in [5, 5.41) is 48.4. The van der Waals surface area contributed by atoms with Crippen LogP contribution in [0.1, 0.15) is 51.6 Å². The number of rotatable bonds is 15. The Kier molecular flexibility index (Phi) is 12.3. The molecule has 0 saturated carbocycles. The van der Waals surface area contributed by atoms with Gasteiger partial charge in [-0.3, -0.25) is 14.4 Å². The second kappa shape index (κ2) is 17.4. The van der Waals surface area contributed by atoms with E-state index in [-0.39, 0.29) is 58.8 Å². The number of ether oxygens (including phenoxy) is 1. The first-order valence-electron chi connectivity index (χ1n) is 18.2. The molecule has 2 heterocycles. The maximum atomic E-state index is 12.9. The number of benzene rings is 4. The Morgan fingerprint density at radius 2 is 1.64 bits per heavy atom. The van der Waals surface area contributed by atoms with Gasteiger partial charge in [-0.25, -0.2) is 4.79 Å². The van der Waals surface area contributed by atoms with Crippen molar-refractivity contribution in [3.8, 4) is 11.5 Å². The largest absolute Gasteiger partial charge is 0.506 e. The molecule has 2 amide bonds. The predicted octanol–water partition coefficient (Wildman–Crippen LogP) is 3.47. The van der Waals surface area contributed by atoms with Crippen LogP contribution in [0, 0.1) is 5.92 Å². The van der Waals surface area contributed by atoms with Crippen LogP contribution < -0.4 is 20.9 Å². The van der Waals surface area contributed by atoms with Gasteiger partial charge in [0.1, 0.15) is 11.5 Å². The summed E-state index contributed by atoms with van der Waals surface area (Å²) in [6.07, 6.45) is 1.18. The molecule has 13 nitrogen and oxygen atoms in total. The van der Waals surface area contributed by atoms with Gasteiger partial charge in [-0.1, -0.05) is 60.7 Å². The van der Waals surface area contributed by atoms with Crippen LogP contribution in [0.2, 0.25) is 0 Å². The highest BCUT2D eigenvalue weighted by Gasteiger charge is 2.40. The number of nitrogens with one attached hydrogen (secondary N) is 3. The number of aromatic hydroxyl groups is 1. The number of carboxylic acids is 1. The van der Waals surface area contributed by atoms with E-state index in [4.69, 9.17) is 4.74 Å². The first kappa shape index (κ1) is 38.7. The third-order valence-corrected chi connectivity index (χ3v) is 10.0. The van der Waals surface area contributed by atoms with Crippen LogP contribution in [0.15, 0.2) is 108 Å². The van der Waals surface area contributed by atoms with Crippen LogP contribution in [0.5, 0.6) is 11.5 Å². The fraction of sp³-hybridized carbons (Fsp3) is 0.286. The molecule has 1 aliphatic rings. The number of pyridine rings is 1. The van der Waals surface area contributed by atoms with Gasteiger partial charge in [0.15, 0.2) is 0 Å². The molecule has 6 rings (SSSR count). The second-order valence-electron chi connectivity index (χ2n) is 13.7. The Morgan fingerprint density at radius 3 is 2.36 bits per heavy atom. The number of phenols is 1. The van der Waals surface area contributed by atoms with Crippen LogP contribution in [-0.2, 0) is 21.6 Å². The van der Waals surface area contributed by atoms with Crippen LogP contribution in [0.3, 0.4) is 0 Å². The Balaban J connectivity index is 0.900. The SMILES string of the molecule is O=C(NCC(=O)N1CCC(COc2cccc([C@](O)(C(=O)O)c3ccccc3)c2)CC1)c1ccc(CCNC[C@H](O)c2ccc(O)c3[nH]c(=O)ccc23)cc1. The summed E-state index contributed by atoms with van der Waals surface area (Å²) < 4.78 is 6.01. The number of carbonyl (C=O) groups excluding carboxylic acids is 2. The molecule has 1 fully saturated rings. The van der Waals surface area contributed by atoms with Gasteiger partial charge in [-0.2, -0.15) is 0 Å². The van der Waals surface area contributed by atoms with E-state index < -0.39 is 17.7 Å². The molecule has 13 heteroatoms. The monoisotopic (exact) mass is 748 g/mol. The van der Waals surface area contributed by atoms with Gasteiger partial charge in [0.05, 0.1) is 24.8 Å². The smallest absolute Gasteiger partial charge is 0.345 e. The van der Waals surface area contributed by atoms with Gasteiger partial charge in [0.2, 0.25) is 17.1 Å². The molecule has 4 aromatic carbocycles. The third kappa shape index (κ3) is 9.20. The lowest BCUT2D eigenvalue weighted by Gasteiger charge is -2.32. The maximum Gasteiger partial charge on any atom is 0.345 e. The molecule has 5 aromatic rings. The summed E-state index contributed by atoms with van der Waals surface area (Å²) in [6, 6.07) is 27.8. The average Bonchev–Trinajstić information content (AvgIpc) is 3.21. The zero-order chi connectivity index (χ0) is 39.0. The lowest BCUT2D eigenvalue weighted by Crippen LogP contribution is -2.44. The number of carbonyl (C=O) groups is 3. The van der Waals surface area contributed by atoms with Crippen molar-refractivity contribution in [2.75, 3.05) is 39.3 Å². The molecule has 0 bridgehead atoms. The number of phenolic OH excluding ortho intramolecular Hbond substituents is 1. The summed E-state index contributed by atoms with van der Waals surface area (Å²) in [5.74, 6) is -1.37. The standard InChI is InChI=1S/C42H44N4O9/c47-35-15-13-33(34-14-16-37(49)45-39(34)35)36(48)24-43-20-17-27-9-11-29(12-10-27)40(51)44-25-38(50)46-21-18-28(19-22-46)26-55-32-8-4-7-31(23-32)42(54,41(52)53)30-5-2-1-3-6-30/h1-16,23,28,36,43,47-48,54H,17-22,24-26H2,(H,44,51)(H,45,49)(H,52,53)/t36-,42-/m0/s1. The Labute approximate surface area is 317 Å². The first-order chi connectivity index (χ1) is 26.5. The summed E-state index contributed by atoms with van der Waals surface area (Å²) in [7, 11) is 0. The van der Waals surface area contributed by atoms with E-state index in [1.54, 1.807) is 77.7 Å². The Hall–Kier alpha value is -6.02. The molecule has 55 heavy (non-hydrogen) atoms. The van der Waals surface area contributed by atoms with E-state index in [1.807, 2.05) is 12.1 Å². The number of carboxylic acid groups (broad SMARTS) is 1. The lowest BCUT2D eigenvalue weighted by atomic mass is 9.86. The highest BCUT2D eigenvalue weighted by Crippen LogP contribution is 2.33. The van der Waals surface area contributed by atoms with Gasteiger partial charge in [0, 0.05) is 42.2 Å². The number of H-pyrrole nitrogens is 1. The quantitative estimate of drug-likeness (QED) is 0.0778. The van der Waals surface area contributed by atoms with E-state index in [1.165, 1.54) is 18.2 Å². The van der Waals surface area contributed by atoms with E-state index in [0.29, 0.717) is 67.8 Å². The molecule has 0 spiro atoms. The van der Waals surface area contributed by atoms with Crippen LogP contribution in [0.25, 0.3) is 10.9 Å². The van der Waals surface area contributed by atoms with Crippen molar-refractivity contribution in [2.24, 2.45) is 5.92 Å². The molecule has 0 radical (unpaired) electrons. The van der Waals surface area contributed by atoms with Crippen molar-refractivity contribution in [1.29, 1.82) is 0 Å². The van der Waals surface area contributed by atoms with Crippen LogP contribution >= 0.6 is 0 Å². The third-order valence-electron chi connectivity index (χ3n) is 10.0. The number of aliphatic hydroxyl groups excluding tert-OH is 1. The molecular weight excluding hydrogens is 704 g/mol. The number of hydrogen-bond donors (Lipinski definition) is 7. The zero-order valence-corrected chi connectivity index (χ0v) is 30.1. The van der Waals surface area contributed by atoms with Gasteiger partial charge < -0.3 is 45.7 Å². The number of likely N-dealkylation sites (tertiary alicyclic amines) is 1. The van der Waals surface area contributed by atoms with Crippen molar-refractivity contribution in [1.82, 2.24) is 20.5 Å². The summed E-state index contributed by atoms with van der Waals surface area (Å²) in [6.45, 7) is 2.09. The number of aromatic nitrogens is 1. The van der Waals surface area contributed by atoms with E-state index in [0.717, 1.165) is 5.56 Å². The Morgan fingerprint density at radius 1 is 0.909 bits per heavy atom. The fourth-order valence-electron chi connectivity index (χ4n) is 6.79. The molecule has 1 aromatic heterocycles. The highest BCUT2D eigenvalue weighted by atomic mass is 16.5. The van der Waals surface area contributed by atoms with Gasteiger partial charge in [-0.05, 0) is 84.8 Å². The molecule has 1 saturated heterocycles. The number of aliphatic carboxylic acids is 1. The van der Waals surface area contributed by atoms with Crippen molar-refractivity contribution < 1.29 is 39.5 Å². The molecule has 286 valence electrons. The van der Waals surface area contributed by atoms with Gasteiger partial charge >= 0.3 is 5.97 Å². The minimum atomic E-state index is -2.23. The Bertz CT molecular complexity index is 2180. The van der Waals surface area contributed by atoms with Gasteiger partial charge in [-0.15, -0.1) is 0 Å². The molecule has 0 unspecified atom stereocenters. The van der Waals surface area contributed by atoms with Crippen molar-refractivity contribution in [2.45, 2.75) is 31.0 Å². The van der Waals surface area contributed by atoms with E-state index >= 15 is 0 Å². The number of nitrogens with zero attached hydrogens (tertiary/aromatic N) is 1. The maximum absolute atomic E-state index is 12.9. The number of fused-ring (bicyclic) bond motifs is 1. The summed E-state index contributed by atoms with van der Waals surface area (Å²) >= 11 is 0. The predicted molar refractivity (Wildman–Crippen MR) is 205 cm³/mol. The molecule has 2 atom stereocenters. The van der Waals surface area contributed by atoms with Crippen LogP contribution in [-0.4, -0.2) is 87.4 Å². The van der Waals surface area contributed by atoms with Gasteiger partial charge in [0.25, 0.3) is 5.91 Å². The van der Waals surface area contributed by atoms with Crippen LogP contribution in [0.4, 0.5) is 0 Å². The van der Waals surface area contributed by atoms with E-state index in [9.17, 15) is 39.6 Å². The summed E-state index contributed by atoms with van der Waals surface area (Å²) in [5.41, 5.74) is 0.135. The average molecular weight is 749 g/mol. The molecular formula is C42H44N4O9. The number of aliphatic hydroxyl groups is 2. The zero-order valence-electron chi connectivity index (χ0n) is 30.1. The normalized spacial score (nSPS) is 14.9. The second-order valence-corrected chi connectivity index (χ2v) is 13.7. The number of amides is 2. The number of piperidine rings is 1. The number of aromatic amines is 1. The number of hydrogen-bond acceptors (Lipinski definition) is 9. The lowest BCUT2D eigenvalue weighted by molar-refractivity contribution is -0.155. The topological polar surface area (TPSA) is 202 Å². The molecule has 0 aliphatic carbocycles. The molecule has 7 N–H and O–H groups in total. The first-order valence-corrected chi connectivity index (χ1v) is 18.2. The summed E-state index contributed by atoms with van der Waals surface area (Å²) in [4.78, 5) is 53.9. The minimum absolute atomic E-state index is 0.0672. The van der Waals surface area contributed by atoms with Crippen molar-refractivity contribution in [3.63, 3.8) is 0 Å². The fourth-order valence-corrected chi connectivity index (χ4v) is 6.79. The minimum Gasteiger partial charge on any atom is -0.506 e. The van der Waals surface area contributed by atoms with E-state index in [2.05, 4.69) is 15.6 Å².